The second-order valence-electron chi connectivity index (χ2n) is 5.61. The van der Waals surface area contributed by atoms with Crippen LogP contribution < -0.4 is 5.73 Å². The van der Waals surface area contributed by atoms with E-state index in [0.29, 0.717) is 5.92 Å². The van der Waals surface area contributed by atoms with Crippen LogP contribution in [0, 0.1) is 29.6 Å². The topological polar surface area (TPSA) is 26.0 Å². The van der Waals surface area contributed by atoms with E-state index in [2.05, 4.69) is 41.5 Å². The van der Waals surface area contributed by atoms with Gasteiger partial charge in [0.25, 0.3) is 0 Å². The maximum Gasteiger partial charge on any atom is -0.00489 e. The van der Waals surface area contributed by atoms with Gasteiger partial charge in [0, 0.05) is 0 Å². The summed E-state index contributed by atoms with van der Waals surface area (Å²) in [4.78, 5) is 0. The molecule has 0 radical (unpaired) electrons. The molecule has 0 amide bonds. The monoisotopic (exact) mass is 199 g/mol. The van der Waals surface area contributed by atoms with Gasteiger partial charge >= 0.3 is 0 Å². The predicted molar refractivity (Wildman–Crippen MR) is 65.2 cm³/mol. The van der Waals surface area contributed by atoms with E-state index in [4.69, 9.17) is 5.73 Å². The van der Waals surface area contributed by atoms with Crippen LogP contribution in [0.3, 0.4) is 0 Å². The summed E-state index contributed by atoms with van der Waals surface area (Å²) >= 11 is 0. The van der Waals surface area contributed by atoms with Gasteiger partial charge in [-0.05, 0) is 42.6 Å². The molecule has 0 aliphatic carbocycles. The Bertz CT molecular complexity index is 140. The van der Waals surface area contributed by atoms with E-state index in [1.165, 1.54) is 6.42 Å². The van der Waals surface area contributed by atoms with Gasteiger partial charge in [-0.15, -0.1) is 0 Å². The average Bonchev–Trinajstić information content (AvgIpc) is 2.11. The van der Waals surface area contributed by atoms with Crippen LogP contribution >= 0.6 is 0 Å². The molecule has 0 aromatic heterocycles. The van der Waals surface area contributed by atoms with Gasteiger partial charge in [-0.3, -0.25) is 0 Å². The van der Waals surface area contributed by atoms with Crippen molar-refractivity contribution in [1.29, 1.82) is 0 Å². The Morgan fingerprint density at radius 3 is 1.71 bits per heavy atom. The molecule has 0 aliphatic heterocycles. The first kappa shape index (κ1) is 14.0. The molecule has 0 rings (SSSR count). The van der Waals surface area contributed by atoms with Gasteiger partial charge in [0.1, 0.15) is 0 Å². The lowest BCUT2D eigenvalue weighted by atomic mass is 9.74. The van der Waals surface area contributed by atoms with Crippen LogP contribution in [0.5, 0.6) is 0 Å². The fourth-order valence-corrected chi connectivity index (χ4v) is 2.27. The zero-order valence-electron chi connectivity index (χ0n) is 10.9. The second kappa shape index (κ2) is 6.44. The Kier molecular flexibility index (Phi) is 6.43. The molecule has 0 aromatic rings. The smallest absolute Gasteiger partial charge is 0.00489 e. The molecule has 1 heteroatoms. The van der Waals surface area contributed by atoms with Crippen molar-refractivity contribution in [3.8, 4) is 0 Å². The maximum absolute atomic E-state index is 5.74. The normalized spacial score (nSPS) is 18.6. The van der Waals surface area contributed by atoms with Crippen LogP contribution in [-0.2, 0) is 0 Å². The number of rotatable bonds is 6. The summed E-state index contributed by atoms with van der Waals surface area (Å²) in [6, 6.07) is 0. The molecular weight excluding hydrogens is 170 g/mol. The standard InChI is InChI=1S/C13H29N/c1-9(2)7-13(10(3)4)12(6)11(5)8-14/h9-13H,7-8,14H2,1-6H3. The van der Waals surface area contributed by atoms with Crippen LogP contribution in [0.15, 0.2) is 0 Å². The molecule has 1 nitrogen and oxygen atoms in total. The molecule has 86 valence electrons. The molecule has 14 heavy (non-hydrogen) atoms. The zero-order valence-corrected chi connectivity index (χ0v) is 10.9. The third-order valence-electron chi connectivity index (χ3n) is 3.54. The summed E-state index contributed by atoms with van der Waals surface area (Å²) in [6.45, 7) is 14.8. The third-order valence-corrected chi connectivity index (χ3v) is 3.54. The van der Waals surface area contributed by atoms with Gasteiger partial charge < -0.3 is 5.73 Å². The minimum absolute atomic E-state index is 0.654. The van der Waals surface area contributed by atoms with E-state index in [9.17, 15) is 0 Å². The van der Waals surface area contributed by atoms with Gasteiger partial charge in [-0.1, -0.05) is 41.5 Å². The van der Waals surface area contributed by atoms with Crippen molar-refractivity contribution in [3.63, 3.8) is 0 Å². The van der Waals surface area contributed by atoms with Crippen molar-refractivity contribution >= 4 is 0 Å². The maximum atomic E-state index is 5.74. The molecule has 0 saturated carbocycles. The predicted octanol–water partition coefficient (Wildman–Crippen LogP) is 3.54. The number of hydrogen-bond acceptors (Lipinski definition) is 1. The molecule has 0 heterocycles. The summed E-state index contributed by atoms with van der Waals surface area (Å²) in [6.07, 6.45) is 1.34. The average molecular weight is 199 g/mol. The molecule has 0 bridgehead atoms. The van der Waals surface area contributed by atoms with Crippen molar-refractivity contribution < 1.29 is 0 Å². The van der Waals surface area contributed by atoms with Crippen molar-refractivity contribution in [2.45, 2.75) is 48.0 Å². The lowest BCUT2D eigenvalue weighted by Crippen LogP contribution is -2.29. The first-order valence-electron chi connectivity index (χ1n) is 6.10. The minimum atomic E-state index is 0.654. The molecule has 0 saturated heterocycles. The van der Waals surface area contributed by atoms with Gasteiger partial charge in [0.05, 0.1) is 0 Å². The lowest BCUT2D eigenvalue weighted by molar-refractivity contribution is 0.177. The van der Waals surface area contributed by atoms with Gasteiger partial charge in [0.2, 0.25) is 0 Å². The summed E-state index contributed by atoms with van der Waals surface area (Å²) in [5, 5.41) is 0. The molecule has 0 aromatic carbocycles. The van der Waals surface area contributed by atoms with Crippen LogP contribution in [0.25, 0.3) is 0 Å². The highest BCUT2D eigenvalue weighted by molar-refractivity contribution is 4.75. The third kappa shape index (κ3) is 4.45. The fourth-order valence-electron chi connectivity index (χ4n) is 2.27. The van der Waals surface area contributed by atoms with E-state index in [1.54, 1.807) is 0 Å². The number of nitrogens with two attached hydrogens (primary N) is 1. The highest BCUT2D eigenvalue weighted by Crippen LogP contribution is 2.31. The Morgan fingerprint density at radius 1 is 0.929 bits per heavy atom. The highest BCUT2D eigenvalue weighted by atomic mass is 14.6. The van der Waals surface area contributed by atoms with Gasteiger partial charge in [-0.2, -0.15) is 0 Å². The minimum Gasteiger partial charge on any atom is -0.330 e. The molecule has 0 fully saturated rings. The Labute approximate surface area is 90.5 Å². The van der Waals surface area contributed by atoms with Gasteiger partial charge in [0.15, 0.2) is 0 Å². The molecule has 2 N–H and O–H groups in total. The molecular formula is C13H29N. The SMILES string of the molecule is CC(C)CC(C(C)C)C(C)C(C)CN. The van der Waals surface area contributed by atoms with Crippen molar-refractivity contribution in [3.05, 3.63) is 0 Å². The lowest BCUT2D eigenvalue weighted by Gasteiger charge is -2.32. The Morgan fingerprint density at radius 2 is 1.43 bits per heavy atom. The van der Waals surface area contributed by atoms with E-state index in [-0.39, 0.29) is 0 Å². The van der Waals surface area contributed by atoms with Crippen LogP contribution in [0.4, 0.5) is 0 Å². The summed E-state index contributed by atoms with van der Waals surface area (Å²) in [7, 11) is 0. The van der Waals surface area contributed by atoms with Crippen LogP contribution in [-0.4, -0.2) is 6.54 Å². The van der Waals surface area contributed by atoms with E-state index in [1.807, 2.05) is 0 Å². The molecule has 0 spiro atoms. The fraction of sp³-hybridized carbons (Fsp3) is 1.00. The van der Waals surface area contributed by atoms with E-state index >= 15 is 0 Å². The summed E-state index contributed by atoms with van der Waals surface area (Å²) in [5.41, 5.74) is 5.74. The molecule has 0 aliphatic rings. The second-order valence-corrected chi connectivity index (χ2v) is 5.61. The van der Waals surface area contributed by atoms with Crippen LogP contribution in [0.1, 0.15) is 48.0 Å². The quantitative estimate of drug-likeness (QED) is 0.696. The number of hydrogen-bond donors (Lipinski definition) is 1. The summed E-state index contributed by atoms with van der Waals surface area (Å²) in [5.74, 6) is 3.81. The summed E-state index contributed by atoms with van der Waals surface area (Å²) < 4.78 is 0. The van der Waals surface area contributed by atoms with Crippen molar-refractivity contribution in [2.75, 3.05) is 6.54 Å². The molecule has 3 unspecified atom stereocenters. The van der Waals surface area contributed by atoms with E-state index in [0.717, 1.165) is 30.2 Å². The first-order chi connectivity index (χ1) is 6.40. The van der Waals surface area contributed by atoms with Crippen molar-refractivity contribution in [1.82, 2.24) is 0 Å². The van der Waals surface area contributed by atoms with Crippen LogP contribution in [0.2, 0.25) is 0 Å². The Hall–Kier alpha value is -0.0400. The van der Waals surface area contributed by atoms with Gasteiger partial charge in [-0.25, -0.2) is 0 Å². The first-order valence-corrected chi connectivity index (χ1v) is 6.10. The Balaban J connectivity index is 4.32. The zero-order chi connectivity index (χ0) is 11.3. The highest BCUT2D eigenvalue weighted by Gasteiger charge is 2.25. The van der Waals surface area contributed by atoms with Crippen molar-refractivity contribution in [2.24, 2.45) is 35.3 Å². The largest absolute Gasteiger partial charge is 0.330 e. The molecule has 3 atom stereocenters. The van der Waals surface area contributed by atoms with E-state index < -0.39 is 0 Å².